The Morgan fingerprint density at radius 3 is 2.27 bits per heavy atom. The number of nitrogens with one attached hydrogen (secondary N) is 1. The highest BCUT2D eigenvalue weighted by Gasteiger charge is 1.95. The van der Waals surface area contributed by atoms with Crippen LogP contribution in [-0.2, 0) is 10.5 Å². The molecule has 5 heteroatoms. The average Bonchev–Trinajstić information content (AvgIpc) is 2.50. The molecule has 0 aromatic heterocycles. The van der Waals surface area contributed by atoms with Gasteiger partial charge < -0.3 is 10.8 Å². The zero-order chi connectivity index (χ0) is 16.6. The number of thioether (sulfide) groups is 1. The number of rotatable bonds is 9. The van der Waals surface area contributed by atoms with Crippen molar-refractivity contribution in [2.24, 2.45) is 5.73 Å². The van der Waals surface area contributed by atoms with Crippen LogP contribution in [0.3, 0.4) is 0 Å². The van der Waals surface area contributed by atoms with Gasteiger partial charge in [0.15, 0.2) is 5.17 Å². The van der Waals surface area contributed by atoms with Gasteiger partial charge in [0, 0.05) is 12.2 Å². The van der Waals surface area contributed by atoms with E-state index in [1.54, 1.807) is 0 Å². The lowest BCUT2D eigenvalue weighted by Gasteiger charge is -1.97. The summed E-state index contributed by atoms with van der Waals surface area (Å²) in [4.78, 5) is 10.1. The minimum Gasteiger partial charge on any atom is -0.481 e. The van der Waals surface area contributed by atoms with Gasteiger partial charge in [0.2, 0.25) is 0 Å². The summed E-state index contributed by atoms with van der Waals surface area (Å²) in [7, 11) is 0. The van der Waals surface area contributed by atoms with Crippen molar-refractivity contribution < 1.29 is 9.90 Å². The SMILES string of the molecule is CCCCCCCCC(=O)O.N=C(N)SCc1ccccc1. The van der Waals surface area contributed by atoms with Crippen LogP contribution in [0.5, 0.6) is 0 Å². The molecule has 124 valence electrons. The molecule has 0 saturated heterocycles. The number of hydrogen-bond acceptors (Lipinski definition) is 3. The third-order valence-corrected chi connectivity index (χ3v) is 3.77. The van der Waals surface area contributed by atoms with Gasteiger partial charge in [-0.15, -0.1) is 0 Å². The number of carboxylic acid groups (broad SMARTS) is 1. The highest BCUT2D eigenvalue weighted by atomic mass is 32.2. The van der Waals surface area contributed by atoms with Gasteiger partial charge in [-0.25, -0.2) is 0 Å². The maximum atomic E-state index is 10.1. The first-order chi connectivity index (χ1) is 10.6. The predicted octanol–water partition coefficient (Wildman–Crippen LogP) is 4.63. The molecular weight excluding hydrogens is 296 g/mol. The van der Waals surface area contributed by atoms with Gasteiger partial charge in [-0.3, -0.25) is 10.2 Å². The Morgan fingerprint density at radius 1 is 1.14 bits per heavy atom. The molecule has 0 aliphatic heterocycles. The van der Waals surface area contributed by atoms with Crippen molar-refractivity contribution in [3.63, 3.8) is 0 Å². The van der Waals surface area contributed by atoms with Crippen LogP contribution < -0.4 is 5.73 Å². The van der Waals surface area contributed by atoms with Crippen LogP contribution in [0.15, 0.2) is 30.3 Å². The Kier molecular flexibility index (Phi) is 13.5. The molecule has 1 rings (SSSR count). The highest BCUT2D eigenvalue weighted by molar-refractivity contribution is 8.13. The lowest BCUT2D eigenvalue weighted by atomic mass is 10.1. The average molecular weight is 324 g/mol. The maximum Gasteiger partial charge on any atom is 0.303 e. The van der Waals surface area contributed by atoms with E-state index in [2.05, 4.69) is 6.92 Å². The number of aliphatic carboxylic acids is 1. The second kappa shape index (κ2) is 14.4. The first-order valence-corrected chi connectivity index (χ1v) is 8.77. The zero-order valence-corrected chi connectivity index (χ0v) is 14.2. The standard InChI is InChI=1S/C9H18O2.C8H10N2S/c1-2-3-4-5-6-7-8-9(10)11;9-8(10)11-6-7-4-2-1-3-5-7/h2-8H2,1H3,(H,10,11);1-5H,6H2,(H3,9,10). The van der Waals surface area contributed by atoms with E-state index >= 15 is 0 Å². The van der Waals surface area contributed by atoms with Gasteiger partial charge >= 0.3 is 5.97 Å². The number of nitrogens with two attached hydrogens (primary N) is 1. The molecule has 0 fully saturated rings. The van der Waals surface area contributed by atoms with E-state index in [-0.39, 0.29) is 5.17 Å². The molecule has 4 nitrogen and oxygen atoms in total. The van der Waals surface area contributed by atoms with E-state index in [0.29, 0.717) is 6.42 Å². The van der Waals surface area contributed by atoms with Crippen molar-refractivity contribution in [3.8, 4) is 0 Å². The molecule has 0 aliphatic carbocycles. The Labute approximate surface area is 138 Å². The summed E-state index contributed by atoms with van der Waals surface area (Å²) in [6, 6.07) is 9.99. The van der Waals surface area contributed by atoms with Gasteiger partial charge in [0.25, 0.3) is 0 Å². The smallest absolute Gasteiger partial charge is 0.303 e. The zero-order valence-electron chi connectivity index (χ0n) is 13.4. The maximum absolute atomic E-state index is 10.1. The molecule has 0 unspecified atom stereocenters. The minimum atomic E-state index is -0.666. The summed E-state index contributed by atoms with van der Waals surface area (Å²) >= 11 is 1.35. The quantitative estimate of drug-likeness (QED) is 0.351. The van der Waals surface area contributed by atoms with Gasteiger partial charge in [0.1, 0.15) is 0 Å². The van der Waals surface area contributed by atoms with Crippen molar-refractivity contribution in [2.75, 3.05) is 0 Å². The summed E-state index contributed by atoms with van der Waals surface area (Å²) in [5, 5.41) is 15.5. The number of carboxylic acids is 1. The molecule has 0 radical (unpaired) electrons. The summed E-state index contributed by atoms with van der Waals surface area (Å²) < 4.78 is 0. The number of hydrogen-bond donors (Lipinski definition) is 3. The summed E-state index contributed by atoms with van der Waals surface area (Å²) in [5.74, 6) is 0.122. The molecule has 1 aromatic carbocycles. The van der Waals surface area contributed by atoms with Crippen LogP contribution in [-0.4, -0.2) is 16.2 Å². The molecule has 0 spiro atoms. The largest absolute Gasteiger partial charge is 0.481 e. The molecule has 0 bridgehead atoms. The lowest BCUT2D eigenvalue weighted by molar-refractivity contribution is -0.137. The predicted molar refractivity (Wildman–Crippen MR) is 95.3 cm³/mol. The monoisotopic (exact) mass is 324 g/mol. The van der Waals surface area contributed by atoms with Crippen molar-refractivity contribution in [1.29, 1.82) is 5.41 Å². The van der Waals surface area contributed by atoms with E-state index in [1.165, 1.54) is 43.0 Å². The fraction of sp³-hybridized carbons (Fsp3) is 0.529. The molecule has 0 atom stereocenters. The molecule has 4 N–H and O–H groups in total. The van der Waals surface area contributed by atoms with Crippen LogP contribution in [0.1, 0.15) is 57.4 Å². The molecule has 22 heavy (non-hydrogen) atoms. The summed E-state index contributed by atoms with van der Waals surface area (Å²) in [5.41, 5.74) is 6.39. The Hall–Kier alpha value is -1.49. The second-order valence-corrected chi connectivity index (χ2v) is 6.07. The Balaban J connectivity index is 0.000000401. The van der Waals surface area contributed by atoms with Crippen molar-refractivity contribution in [2.45, 2.75) is 57.6 Å². The fourth-order valence-corrected chi connectivity index (χ4v) is 2.31. The highest BCUT2D eigenvalue weighted by Crippen LogP contribution is 2.10. The van der Waals surface area contributed by atoms with Gasteiger partial charge in [-0.1, -0.05) is 81.1 Å². The number of carbonyl (C=O) groups is 1. The van der Waals surface area contributed by atoms with Crippen molar-refractivity contribution in [3.05, 3.63) is 35.9 Å². The lowest BCUT2D eigenvalue weighted by Crippen LogP contribution is -2.03. The van der Waals surface area contributed by atoms with Gasteiger partial charge in [-0.2, -0.15) is 0 Å². The van der Waals surface area contributed by atoms with Crippen LogP contribution >= 0.6 is 11.8 Å². The number of amidine groups is 1. The van der Waals surface area contributed by atoms with Crippen LogP contribution in [0.2, 0.25) is 0 Å². The number of benzene rings is 1. The molecule has 1 aromatic rings. The minimum absolute atomic E-state index is 0.175. The molecule has 0 saturated carbocycles. The Bertz CT molecular complexity index is 410. The van der Waals surface area contributed by atoms with Crippen LogP contribution in [0, 0.1) is 5.41 Å². The fourth-order valence-electron chi connectivity index (χ4n) is 1.79. The van der Waals surface area contributed by atoms with Gasteiger partial charge in [0.05, 0.1) is 0 Å². The molecular formula is C17H28N2O2S. The van der Waals surface area contributed by atoms with E-state index in [0.717, 1.165) is 18.6 Å². The first kappa shape index (κ1) is 20.5. The van der Waals surface area contributed by atoms with E-state index in [4.69, 9.17) is 16.2 Å². The summed E-state index contributed by atoms with van der Waals surface area (Å²) in [6.45, 7) is 2.18. The second-order valence-electron chi connectivity index (χ2n) is 5.05. The van der Waals surface area contributed by atoms with E-state index < -0.39 is 5.97 Å². The van der Waals surface area contributed by atoms with E-state index in [1.807, 2.05) is 30.3 Å². The number of unbranched alkanes of at least 4 members (excludes halogenated alkanes) is 5. The first-order valence-electron chi connectivity index (χ1n) is 7.78. The third-order valence-electron chi connectivity index (χ3n) is 2.98. The van der Waals surface area contributed by atoms with Crippen molar-refractivity contribution in [1.82, 2.24) is 0 Å². The van der Waals surface area contributed by atoms with Crippen molar-refractivity contribution >= 4 is 22.9 Å². The van der Waals surface area contributed by atoms with E-state index in [9.17, 15) is 4.79 Å². The normalized spacial score (nSPS) is 9.68. The summed E-state index contributed by atoms with van der Waals surface area (Å²) in [6.07, 6.45) is 7.25. The molecule has 0 aliphatic rings. The molecule has 0 heterocycles. The van der Waals surface area contributed by atoms with Crippen LogP contribution in [0.4, 0.5) is 0 Å². The molecule has 0 amide bonds. The van der Waals surface area contributed by atoms with Gasteiger partial charge in [-0.05, 0) is 12.0 Å². The third kappa shape index (κ3) is 14.9. The van der Waals surface area contributed by atoms with Crippen LogP contribution in [0.25, 0.3) is 0 Å². The topological polar surface area (TPSA) is 87.2 Å². The Morgan fingerprint density at radius 2 is 1.73 bits per heavy atom.